The Bertz CT molecular complexity index is 837. The second-order valence-electron chi connectivity index (χ2n) is 4.51. The van der Waals surface area contributed by atoms with E-state index in [1.54, 1.807) is 12.1 Å². The van der Waals surface area contributed by atoms with Gasteiger partial charge in [-0.15, -0.1) is 0 Å². The third kappa shape index (κ3) is 2.73. The molecule has 0 aliphatic rings. The number of nitrogen functional groups attached to an aromatic ring is 1. The van der Waals surface area contributed by atoms with Gasteiger partial charge in [-0.25, -0.2) is 9.97 Å². The Morgan fingerprint density at radius 3 is 2.33 bits per heavy atom. The number of anilines is 1. The quantitative estimate of drug-likeness (QED) is 0.700. The molecule has 0 aliphatic heterocycles. The van der Waals surface area contributed by atoms with E-state index in [4.69, 9.17) is 33.7 Å². The molecule has 0 atom stereocenters. The van der Waals surface area contributed by atoms with Crippen molar-refractivity contribution < 1.29 is 4.74 Å². The number of nitrogens with zero attached hydrogens (tertiary/aromatic N) is 2. The molecule has 21 heavy (non-hydrogen) atoms. The first kappa shape index (κ1) is 13.9. The molecule has 0 amide bonds. The summed E-state index contributed by atoms with van der Waals surface area (Å²) in [7, 11) is 0. The first-order chi connectivity index (χ1) is 10.0. The lowest BCUT2D eigenvalue weighted by Gasteiger charge is -2.11. The minimum atomic E-state index is 0.368. The number of para-hydroxylation sites is 2. The van der Waals surface area contributed by atoms with E-state index >= 15 is 0 Å². The Kier molecular flexibility index (Phi) is 3.57. The second-order valence-corrected chi connectivity index (χ2v) is 5.32. The van der Waals surface area contributed by atoms with E-state index in [1.165, 1.54) is 0 Å². The predicted molar refractivity (Wildman–Crippen MR) is 85.2 cm³/mol. The van der Waals surface area contributed by atoms with Crippen LogP contribution in [0.4, 0.5) is 5.69 Å². The lowest BCUT2D eigenvalue weighted by molar-refractivity contribution is 0.460. The summed E-state index contributed by atoms with van der Waals surface area (Å²) in [6.45, 7) is 1.82. The Morgan fingerprint density at radius 2 is 1.62 bits per heavy atom. The normalized spacial score (nSPS) is 10.8. The van der Waals surface area contributed by atoms with Gasteiger partial charge in [0.2, 0.25) is 5.88 Å². The molecule has 1 heterocycles. The number of nitrogens with two attached hydrogens (primary N) is 1. The van der Waals surface area contributed by atoms with Crippen LogP contribution in [0.25, 0.3) is 11.0 Å². The van der Waals surface area contributed by atoms with Crippen LogP contribution in [-0.2, 0) is 0 Å². The molecule has 2 aromatic carbocycles. The van der Waals surface area contributed by atoms with Crippen LogP contribution in [0.2, 0.25) is 10.0 Å². The number of ether oxygens (including phenoxy) is 1. The molecule has 6 heteroatoms. The van der Waals surface area contributed by atoms with Crippen LogP contribution in [0.15, 0.2) is 36.4 Å². The first-order valence-corrected chi connectivity index (χ1v) is 6.96. The van der Waals surface area contributed by atoms with Crippen LogP contribution >= 0.6 is 23.2 Å². The Morgan fingerprint density at radius 1 is 1.00 bits per heavy atom. The summed E-state index contributed by atoms with van der Waals surface area (Å²) in [6, 6.07) is 10.7. The molecule has 3 rings (SSSR count). The van der Waals surface area contributed by atoms with Crippen molar-refractivity contribution in [3.63, 3.8) is 0 Å². The average molecular weight is 320 g/mol. The van der Waals surface area contributed by atoms with E-state index in [-0.39, 0.29) is 0 Å². The topological polar surface area (TPSA) is 61.0 Å². The summed E-state index contributed by atoms with van der Waals surface area (Å²) in [5.74, 6) is 0.788. The number of aryl methyl sites for hydroxylation is 1. The van der Waals surface area contributed by atoms with E-state index in [0.717, 1.165) is 11.0 Å². The zero-order valence-corrected chi connectivity index (χ0v) is 12.6. The first-order valence-electron chi connectivity index (χ1n) is 6.20. The van der Waals surface area contributed by atoms with Crippen molar-refractivity contribution in [1.82, 2.24) is 9.97 Å². The third-order valence-electron chi connectivity index (χ3n) is 2.96. The van der Waals surface area contributed by atoms with Crippen molar-refractivity contribution in [2.24, 2.45) is 0 Å². The largest absolute Gasteiger partial charge is 0.435 e. The fraction of sp³-hybridized carbons (Fsp3) is 0.0667. The van der Waals surface area contributed by atoms with Crippen molar-refractivity contribution in [2.45, 2.75) is 6.92 Å². The van der Waals surface area contributed by atoms with Crippen molar-refractivity contribution in [3.05, 3.63) is 52.1 Å². The monoisotopic (exact) mass is 319 g/mol. The molecule has 0 fully saturated rings. The summed E-state index contributed by atoms with van der Waals surface area (Å²) in [4.78, 5) is 8.90. The Labute approximate surface area is 131 Å². The van der Waals surface area contributed by atoms with Gasteiger partial charge in [-0.05, 0) is 25.1 Å². The SMILES string of the molecule is Cc1nc2ccccc2nc1Oc1cc(Cl)c(Cl)cc1N. The Balaban J connectivity index is 2.05. The highest BCUT2D eigenvalue weighted by molar-refractivity contribution is 6.42. The van der Waals surface area contributed by atoms with Gasteiger partial charge in [0.25, 0.3) is 0 Å². The molecule has 0 spiro atoms. The number of benzene rings is 2. The smallest absolute Gasteiger partial charge is 0.241 e. The summed E-state index contributed by atoms with van der Waals surface area (Å²) in [5.41, 5.74) is 8.49. The minimum Gasteiger partial charge on any atom is -0.435 e. The summed E-state index contributed by atoms with van der Waals surface area (Å²) >= 11 is 11.9. The average Bonchev–Trinajstić information content (AvgIpc) is 2.45. The van der Waals surface area contributed by atoms with E-state index in [2.05, 4.69) is 9.97 Å². The highest BCUT2D eigenvalue weighted by Gasteiger charge is 2.11. The molecule has 4 nitrogen and oxygen atoms in total. The van der Waals surface area contributed by atoms with Gasteiger partial charge >= 0.3 is 0 Å². The van der Waals surface area contributed by atoms with Crippen molar-refractivity contribution in [2.75, 3.05) is 5.73 Å². The van der Waals surface area contributed by atoms with Crippen molar-refractivity contribution >= 4 is 39.9 Å². The van der Waals surface area contributed by atoms with Crippen LogP contribution in [0.1, 0.15) is 5.69 Å². The van der Waals surface area contributed by atoms with E-state index in [0.29, 0.717) is 33.1 Å². The van der Waals surface area contributed by atoms with Crippen LogP contribution in [0.5, 0.6) is 11.6 Å². The maximum absolute atomic E-state index is 5.98. The standard InChI is InChI=1S/C15H11Cl2N3O/c1-8-15(20-13-5-3-2-4-12(13)19-8)21-14-7-10(17)9(16)6-11(14)18/h2-7H,18H2,1H3. The molecule has 106 valence electrons. The molecule has 1 aromatic heterocycles. The number of halogens is 2. The van der Waals surface area contributed by atoms with Crippen molar-refractivity contribution in [3.8, 4) is 11.6 Å². The molecular formula is C15H11Cl2N3O. The maximum Gasteiger partial charge on any atom is 0.241 e. The highest BCUT2D eigenvalue weighted by Crippen LogP contribution is 2.35. The highest BCUT2D eigenvalue weighted by atomic mass is 35.5. The van der Waals surface area contributed by atoms with Gasteiger partial charge in [0, 0.05) is 6.07 Å². The molecule has 0 saturated heterocycles. The van der Waals surface area contributed by atoms with E-state index in [1.807, 2.05) is 31.2 Å². The third-order valence-corrected chi connectivity index (χ3v) is 3.68. The van der Waals surface area contributed by atoms with Gasteiger partial charge in [-0.1, -0.05) is 35.3 Å². The van der Waals surface area contributed by atoms with Gasteiger partial charge in [0.05, 0.1) is 26.8 Å². The van der Waals surface area contributed by atoms with Crippen LogP contribution in [0, 0.1) is 6.92 Å². The summed E-state index contributed by atoms with van der Waals surface area (Å²) < 4.78 is 5.74. The fourth-order valence-corrected chi connectivity index (χ4v) is 2.23. The minimum absolute atomic E-state index is 0.368. The molecule has 0 aliphatic carbocycles. The van der Waals surface area contributed by atoms with Gasteiger partial charge in [-0.3, -0.25) is 0 Å². The fourth-order valence-electron chi connectivity index (χ4n) is 1.91. The molecule has 0 saturated carbocycles. The van der Waals surface area contributed by atoms with Crippen LogP contribution < -0.4 is 10.5 Å². The summed E-state index contributed by atoms with van der Waals surface area (Å²) in [5, 5.41) is 0.745. The molecular weight excluding hydrogens is 309 g/mol. The number of hydrogen-bond acceptors (Lipinski definition) is 4. The Hall–Kier alpha value is -2.04. The number of fused-ring (bicyclic) bond motifs is 1. The van der Waals surface area contributed by atoms with Gasteiger partial charge in [-0.2, -0.15) is 0 Å². The number of hydrogen-bond donors (Lipinski definition) is 1. The van der Waals surface area contributed by atoms with Crippen LogP contribution in [-0.4, -0.2) is 9.97 Å². The molecule has 0 unspecified atom stereocenters. The van der Waals surface area contributed by atoms with Gasteiger partial charge in [0.1, 0.15) is 5.69 Å². The van der Waals surface area contributed by atoms with E-state index < -0.39 is 0 Å². The van der Waals surface area contributed by atoms with E-state index in [9.17, 15) is 0 Å². The molecule has 0 radical (unpaired) electrons. The number of rotatable bonds is 2. The lowest BCUT2D eigenvalue weighted by atomic mass is 10.3. The zero-order valence-electron chi connectivity index (χ0n) is 11.1. The summed E-state index contributed by atoms with van der Waals surface area (Å²) in [6.07, 6.45) is 0. The second kappa shape index (κ2) is 5.39. The molecule has 0 bridgehead atoms. The maximum atomic E-state index is 5.98. The van der Waals surface area contributed by atoms with Crippen LogP contribution in [0.3, 0.4) is 0 Å². The predicted octanol–water partition coefficient (Wildman–Crippen LogP) is 4.62. The van der Waals surface area contributed by atoms with Gasteiger partial charge in [0.15, 0.2) is 5.75 Å². The zero-order chi connectivity index (χ0) is 15.0. The lowest BCUT2D eigenvalue weighted by Crippen LogP contribution is -1.98. The van der Waals surface area contributed by atoms with Crippen molar-refractivity contribution in [1.29, 1.82) is 0 Å². The number of aromatic nitrogens is 2. The molecule has 3 aromatic rings. The van der Waals surface area contributed by atoms with Gasteiger partial charge < -0.3 is 10.5 Å². The molecule has 2 N–H and O–H groups in total.